The lowest BCUT2D eigenvalue weighted by atomic mass is 10.1. The van der Waals surface area contributed by atoms with E-state index >= 15 is 0 Å². The van der Waals surface area contributed by atoms with Gasteiger partial charge in [0, 0.05) is 28.0 Å². The van der Waals surface area contributed by atoms with E-state index < -0.39 is 5.91 Å². The van der Waals surface area contributed by atoms with Gasteiger partial charge in [0.25, 0.3) is 5.91 Å². The van der Waals surface area contributed by atoms with Crippen molar-refractivity contribution in [1.82, 2.24) is 9.58 Å². The highest BCUT2D eigenvalue weighted by Gasteiger charge is 2.36. The van der Waals surface area contributed by atoms with Gasteiger partial charge in [-0.3, -0.25) is 10.2 Å². The fourth-order valence-electron chi connectivity index (χ4n) is 3.32. The van der Waals surface area contributed by atoms with E-state index in [1.54, 1.807) is 6.08 Å². The van der Waals surface area contributed by atoms with E-state index in [1.165, 1.54) is 16.8 Å². The van der Waals surface area contributed by atoms with E-state index in [2.05, 4.69) is 14.7 Å². The number of amidine groups is 2. The molecule has 0 radical (unpaired) electrons. The van der Waals surface area contributed by atoms with E-state index in [1.807, 2.05) is 58.0 Å². The first-order valence-electron chi connectivity index (χ1n) is 9.21. The van der Waals surface area contributed by atoms with Crippen LogP contribution in [0.2, 0.25) is 5.02 Å². The molecule has 2 aliphatic rings. The Bertz CT molecular complexity index is 1120. The molecule has 8 heteroatoms. The number of halogens is 1. The second-order valence-corrected chi connectivity index (χ2v) is 8.68. The van der Waals surface area contributed by atoms with Crippen molar-refractivity contribution in [3.8, 4) is 5.69 Å². The Labute approximate surface area is 178 Å². The van der Waals surface area contributed by atoms with Crippen LogP contribution in [0.25, 0.3) is 11.8 Å². The van der Waals surface area contributed by atoms with Crippen LogP contribution in [-0.4, -0.2) is 31.5 Å². The molecule has 3 heterocycles. The van der Waals surface area contributed by atoms with Crippen molar-refractivity contribution in [3.05, 3.63) is 57.9 Å². The summed E-state index contributed by atoms with van der Waals surface area (Å²) in [5.74, 6) is -0.147. The molecule has 0 fully saturated rings. The first-order chi connectivity index (χ1) is 13.8. The monoisotopic (exact) mass is 425 g/mol. The first-order valence-corrected chi connectivity index (χ1v) is 10.4. The fraction of sp³-hybridized carbons (Fsp3) is 0.238. The zero-order valence-corrected chi connectivity index (χ0v) is 18.1. The van der Waals surface area contributed by atoms with E-state index in [0.717, 1.165) is 27.7 Å². The predicted molar refractivity (Wildman–Crippen MR) is 120 cm³/mol. The summed E-state index contributed by atoms with van der Waals surface area (Å²) in [6.07, 6.45) is 1.73. The minimum Gasteiger partial charge on any atom is -0.318 e. The number of carbonyl (C=O) groups excluding carboxylic acids is 1. The van der Waals surface area contributed by atoms with Gasteiger partial charge >= 0.3 is 0 Å². The largest absolute Gasteiger partial charge is 0.318 e. The fourth-order valence-corrected chi connectivity index (χ4v) is 4.34. The highest BCUT2D eigenvalue weighted by atomic mass is 35.5. The SMILES string of the molecule is Cc1cc(/C=C2/C(=N)N3N=C(C(C)C)SC3=NC2=O)c(C)n1-c1ccc(Cl)cc1. The molecule has 0 saturated carbocycles. The van der Waals surface area contributed by atoms with E-state index in [4.69, 9.17) is 17.0 Å². The summed E-state index contributed by atoms with van der Waals surface area (Å²) >= 11 is 7.36. The first kappa shape index (κ1) is 19.7. The van der Waals surface area contributed by atoms with Crippen molar-refractivity contribution < 1.29 is 4.79 Å². The third-order valence-electron chi connectivity index (χ3n) is 4.82. The summed E-state index contributed by atoms with van der Waals surface area (Å²) in [6.45, 7) is 8.04. The van der Waals surface area contributed by atoms with Crippen LogP contribution in [-0.2, 0) is 4.79 Å². The molecule has 0 bridgehead atoms. The topological polar surface area (TPSA) is 73.8 Å². The number of thioether (sulfide) groups is 1. The van der Waals surface area contributed by atoms with Crippen LogP contribution < -0.4 is 0 Å². The molecule has 1 amide bonds. The Balaban J connectivity index is 1.74. The summed E-state index contributed by atoms with van der Waals surface area (Å²) in [6, 6.07) is 9.60. The lowest BCUT2D eigenvalue weighted by molar-refractivity contribution is -0.114. The lowest BCUT2D eigenvalue weighted by Crippen LogP contribution is -2.35. The normalized spacial score (nSPS) is 17.9. The third kappa shape index (κ3) is 3.45. The van der Waals surface area contributed by atoms with Crippen LogP contribution in [0.4, 0.5) is 0 Å². The molecular formula is C21H20ClN5OS. The molecule has 0 saturated heterocycles. The maximum atomic E-state index is 12.6. The number of benzene rings is 1. The van der Waals surface area contributed by atoms with Gasteiger partial charge in [-0.15, -0.1) is 0 Å². The molecular weight excluding hydrogens is 406 g/mol. The summed E-state index contributed by atoms with van der Waals surface area (Å²) in [5, 5.41) is 16.4. The molecule has 4 rings (SSSR count). The highest BCUT2D eigenvalue weighted by Crippen LogP contribution is 2.31. The van der Waals surface area contributed by atoms with Crippen LogP contribution >= 0.6 is 23.4 Å². The van der Waals surface area contributed by atoms with Crippen LogP contribution in [0.5, 0.6) is 0 Å². The number of fused-ring (bicyclic) bond motifs is 1. The Morgan fingerprint density at radius 2 is 1.90 bits per heavy atom. The molecule has 29 heavy (non-hydrogen) atoms. The standard InChI is InChI=1S/C21H20ClN5OS/c1-11(2)20-25-27-18(23)17(19(28)24-21(27)29-20)10-14-9-12(3)26(13(14)4)16-7-5-15(22)6-8-16/h5-11,23H,1-4H3/b17-10-,23-18?. The van der Waals surface area contributed by atoms with E-state index in [9.17, 15) is 4.79 Å². The van der Waals surface area contributed by atoms with Gasteiger partial charge in [-0.25, -0.2) is 0 Å². The Hall–Kier alpha value is -2.64. The molecule has 148 valence electrons. The van der Waals surface area contributed by atoms with Crippen LogP contribution in [0, 0.1) is 25.2 Å². The van der Waals surface area contributed by atoms with Gasteiger partial charge in [-0.1, -0.05) is 25.4 Å². The molecule has 0 unspecified atom stereocenters. The smallest absolute Gasteiger partial charge is 0.283 e. The molecule has 0 aliphatic carbocycles. The summed E-state index contributed by atoms with van der Waals surface area (Å²) in [5.41, 5.74) is 4.08. The Morgan fingerprint density at radius 1 is 1.21 bits per heavy atom. The second kappa shape index (κ2) is 7.31. The maximum Gasteiger partial charge on any atom is 0.283 e. The molecule has 2 aliphatic heterocycles. The number of rotatable bonds is 3. The average Bonchev–Trinajstić information content (AvgIpc) is 3.21. The molecule has 2 aromatic rings. The van der Waals surface area contributed by atoms with E-state index in [0.29, 0.717) is 10.2 Å². The van der Waals surface area contributed by atoms with E-state index in [-0.39, 0.29) is 17.3 Å². The molecule has 0 spiro atoms. The number of hydrogen-bond acceptors (Lipinski definition) is 4. The zero-order valence-electron chi connectivity index (χ0n) is 16.5. The predicted octanol–water partition coefficient (Wildman–Crippen LogP) is 5.02. The number of aromatic nitrogens is 1. The van der Waals surface area contributed by atoms with Crippen molar-refractivity contribution in [2.24, 2.45) is 16.0 Å². The van der Waals surface area contributed by atoms with Gasteiger partial charge in [0.1, 0.15) is 5.04 Å². The van der Waals surface area contributed by atoms with Gasteiger partial charge in [0.15, 0.2) is 5.84 Å². The molecule has 1 N–H and O–H groups in total. The summed E-state index contributed by atoms with van der Waals surface area (Å²) < 4.78 is 2.09. The summed E-state index contributed by atoms with van der Waals surface area (Å²) in [7, 11) is 0. The number of aliphatic imine (C=N–C) groups is 1. The van der Waals surface area contributed by atoms with Crippen molar-refractivity contribution in [2.75, 3.05) is 0 Å². The summed E-state index contributed by atoms with van der Waals surface area (Å²) in [4.78, 5) is 16.8. The van der Waals surface area contributed by atoms with Crippen LogP contribution in [0.15, 0.2) is 46.0 Å². The molecule has 1 aromatic carbocycles. The number of carbonyl (C=O) groups is 1. The van der Waals surface area contributed by atoms with Gasteiger partial charge in [-0.05, 0) is 67.6 Å². The number of amides is 1. The zero-order chi connectivity index (χ0) is 20.9. The second-order valence-electron chi connectivity index (χ2n) is 7.25. The number of nitrogens with one attached hydrogen (secondary N) is 1. The van der Waals surface area contributed by atoms with Gasteiger partial charge in [0.05, 0.1) is 5.57 Å². The maximum absolute atomic E-state index is 12.6. The van der Waals surface area contributed by atoms with Gasteiger partial charge < -0.3 is 4.57 Å². The van der Waals surface area contributed by atoms with Gasteiger partial charge in [-0.2, -0.15) is 15.1 Å². The molecule has 0 atom stereocenters. The minimum atomic E-state index is -0.412. The number of hydrogen-bond donors (Lipinski definition) is 1. The molecule has 1 aromatic heterocycles. The number of hydrazone groups is 1. The number of nitrogens with zero attached hydrogens (tertiary/aromatic N) is 4. The van der Waals surface area contributed by atoms with Crippen molar-refractivity contribution in [2.45, 2.75) is 27.7 Å². The lowest BCUT2D eigenvalue weighted by Gasteiger charge is -2.20. The highest BCUT2D eigenvalue weighted by molar-refractivity contribution is 8.27. The molecule has 6 nitrogen and oxygen atoms in total. The quantitative estimate of drug-likeness (QED) is 0.701. The number of aryl methyl sites for hydroxylation is 1. The van der Waals surface area contributed by atoms with Crippen LogP contribution in [0.1, 0.15) is 30.8 Å². The Kier molecular flexibility index (Phi) is 4.96. The third-order valence-corrected chi connectivity index (χ3v) is 6.28. The average molecular weight is 426 g/mol. The van der Waals surface area contributed by atoms with Crippen molar-refractivity contribution >= 4 is 51.4 Å². The van der Waals surface area contributed by atoms with Gasteiger partial charge in [0.2, 0.25) is 5.17 Å². The van der Waals surface area contributed by atoms with Crippen LogP contribution in [0.3, 0.4) is 0 Å². The van der Waals surface area contributed by atoms with Crippen molar-refractivity contribution in [3.63, 3.8) is 0 Å². The Morgan fingerprint density at radius 3 is 2.55 bits per heavy atom. The van der Waals surface area contributed by atoms with Crippen molar-refractivity contribution in [1.29, 1.82) is 5.41 Å². The minimum absolute atomic E-state index is 0.0550.